The van der Waals surface area contributed by atoms with Crippen LogP contribution >= 0.6 is 23.2 Å². The second-order valence-corrected chi connectivity index (χ2v) is 5.77. The van der Waals surface area contributed by atoms with Crippen molar-refractivity contribution in [3.8, 4) is 5.75 Å². The molecule has 0 aliphatic rings. The molecular weight excluding hydrogens is 333 g/mol. The number of hydrogen-bond donors (Lipinski definition) is 1. The second-order valence-electron chi connectivity index (χ2n) is 5.01. The summed E-state index contributed by atoms with van der Waals surface area (Å²) in [4.78, 5) is 11.7. The second kappa shape index (κ2) is 8.04. The number of rotatable bonds is 5. The fraction of sp³-hybridized carbons (Fsp3) is 0.167. The van der Waals surface area contributed by atoms with Crippen molar-refractivity contribution in [3.05, 3.63) is 69.7 Å². The number of carbonyl (C=O) groups is 1. The SMILES string of the molecule is Cc1cc(OC/C=C/C(=O)Nc2ccccc2)c(Cl)c(C)c1Cl. The highest BCUT2D eigenvalue weighted by atomic mass is 35.5. The number of aryl methyl sites for hydroxylation is 1. The summed E-state index contributed by atoms with van der Waals surface area (Å²) in [6.07, 6.45) is 3.06. The molecule has 2 aromatic carbocycles. The van der Waals surface area contributed by atoms with Gasteiger partial charge in [-0.15, -0.1) is 0 Å². The molecule has 0 unspecified atom stereocenters. The molecule has 0 atom stereocenters. The van der Waals surface area contributed by atoms with Crippen LogP contribution in [0.4, 0.5) is 5.69 Å². The third-order valence-corrected chi connectivity index (χ3v) is 4.27. The summed E-state index contributed by atoms with van der Waals surface area (Å²) in [6, 6.07) is 11.0. The summed E-state index contributed by atoms with van der Waals surface area (Å²) in [5, 5.41) is 3.88. The summed E-state index contributed by atoms with van der Waals surface area (Å²) in [5.74, 6) is 0.341. The number of para-hydroxylation sites is 1. The molecule has 0 aliphatic heterocycles. The highest BCUT2D eigenvalue weighted by molar-refractivity contribution is 6.37. The van der Waals surface area contributed by atoms with Crippen molar-refractivity contribution >= 4 is 34.8 Å². The van der Waals surface area contributed by atoms with E-state index in [1.165, 1.54) is 6.08 Å². The number of ether oxygens (including phenoxy) is 1. The first-order chi connectivity index (χ1) is 11.0. The molecule has 0 heterocycles. The topological polar surface area (TPSA) is 38.3 Å². The van der Waals surface area contributed by atoms with Crippen molar-refractivity contribution in [3.63, 3.8) is 0 Å². The number of halogens is 2. The van der Waals surface area contributed by atoms with Crippen LogP contribution in [0.5, 0.6) is 5.75 Å². The molecule has 120 valence electrons. The summed E-state index contributed by atoms with van der Waals surface area (Å²) >= 11 is 12.3. The largest absolute Gasteiger partial charge is 0.488 e. The van der Waals surface area contributed by atoms with Crippen LogP contribution in [-0.2, 0) is 4.79 Å². The van der Waals surface area contributed by atoms with Gasteiger partial charge in [0.05, 0.1) is 5.02 Å². The third kappa shape index (κ3) is 4.75. The zero-order valence-electron chi connectivity index (χ0n) is 12.9. The summed E-state index contributed by atoms with van der Waals surface area (Å²) in [5.41, 5.74) is 2.43. The first kappa shape index (κ1) is 17.4. The van der Waals surface area contributed by atoms with Gasteiger partial charge in [-0.1, -0.05) is 41.4 Å². The Balaban J connectivity index is 1.91. The van der Waals surface area contributed by atoms with E-state index in [9.17, 15) is 4.79 Å². The van der Waals surface area contributed by atoms with E-state index in [1.807, 2.05) is 44.2 Å². The Morgan fingerprint density at radius 2 is 1.87 bits per heavy atom. The lowest BCUT2D eigenvalue weighted by molar-refractivity contribution is -0.111. The quantitative estimate of drug-likeness (QED) is 0.754. The first-order valence-corrected chi connectivity index (χ1v) is 7.85. The van der Waals surface area contributed by atoms with E-state index >= 15 is 0 Å². The van der Waals surface area contributed by atoms with Crippen molar-refractivity contribution in [1.29, 1.82) is 0 Å². The molecule has 5 heteroatoms. The lowest BCUT2D eigenvalue weighted by atomic mass is 10.1. The van der Waals surface area contributed by atoms with Crippen LogP contribution in [-0.4, -0.2) is 12.5 Å². The smallest absolute Gasteiger partial charge is 0.248 e. The van der Waals surface area contributed by atoms with Gasteiger partial charge in [-0.3, -0.25) is 4.79 Å². The summed E-state index contributed by atoms with van der Waals surface area (Å²) in [7, 11) is 0. The summed E-state index contributed by atoms with van der Waals surface area (Å²) in [6.45, 7) is 3.97. The Morgan fingerprint density at radius 3 is 2.57 bits per heavy atom. The molecule has 0 fully saturated rings. The zero-order chi connectivity index (χ0) is 16.8. The number of carbonyl (C=O) groups excluding carboxylic acids is 1. The van der Waals surface area contributed by atoms with Crippen LogP contribution in [0.15, 0.2) is 48.6 Å². The van der Waals surface area contributed by atoms with E-state index in [4.69, 9.17) is 27.9 Å². The number of hydrogen-bond acceptors (Lipinski definition) is 2. The van der Waals surface area contributed by atoms with Crippen LogP contribution < -0.4 is 10.1 Å². The molecule has 0 spiro atoms. The lowest BCUT2D eigenvalue weighted by Crippen LogP contribution is -2.08. The predicted octanol–water partition coefficient (Wildman–Crippen LogP) is 5.18. The molecule has 0 radical (unpaired) electrons. The molecule has 1 amide bonds. The van der Waals surface area contributed by atoms with Gasteiger partial charge in [0.2, 0.25) is 5.91 Å². The van der Waals surface area contributed by atoms with E-state index < -0.39 is 0 Å². The number of nitrogens with one attached hydrogen (secondary N) is 1. The van der Waals surface area contributed by atoms with E-state index in [1.54, 1.807) is 12.1 Å². The van der Waals surface area contributed by atoms with Gasteiger partial charge in [0.1, 0.15) is 12.4 Å². The molecule has 2 aromatic rings. The van der Waals surface area contributed by atoms with Gasteiger partial charge in [0, 0.05) is 16.8 Å². The van der Waals surface area contributed by atoms with Crippen LogP contribution in [0, 0.1) is 13.8 Å². The van der Waals surface area contributed by atoms with Crippen molar-refractivity contribution in [1.82, 2.24) is 0 Å². The van der Waals surface area contributed by atoms with Crippen LogP contribution in [0.25, 0.3) is 0 Å². The van der Waals surface area contributed by atoms with E-state index in [2.05, 4.69) is 5.32 Å². The molecule has 0 bridgehead atoms. The average Bonchev–Trinajstić information content (AvgIpc) is 2.55. The fourth-order valence-electron chi connectivity index (χ4n) is 2.00. The lowest BCUT2D eigenvalue weighted by Gasteiger charge is -2.11. The number of anilines is 1. The maximum absolute atomic E-state index is 11.7. The molecule has 3 nitrogen and oxygen atoms in total. The highest BCUT2D eigenvalue weighted by Crippen LogP contribution is 2.35. The Hall–Kier alpha value is -1.97. The highest BCUT2D eigenvalue weighted by Gasteiger charge is 2.10. The van der Waals surface area contributed by atoms with Gasteiger partial charge in [0.15, 0.2) is 0 Å². The van der Waals surface area contributed by atoms with Gasteiger partial charge >= 0.3 is 0 Å². The van der Waals surface area contributed by atoms with Gasteiger partial charge in [-0.25, -0.2) is 0 Å². The molecule has 0 saturated carbocycles. The van der Waals surface area contributed by atoms with Crippen LogP contribution in [0.3, 0.4) is 0 Å². The third-order valence-electron chi connectivity index (χ3n) is 3.21. The van der Waals surface area contributed by atoms with E-state index in [-0.39, 0.29) is 12.5 Å². The molecule has 23 heavy (non-hydrogen) atoms. The van der Waals surface area contributed by atoms with Crippen molar-refractivity contribution in [2.75, 3.05) is 11.9 Å². The van der Waals surface area contributed by atoms with E-state index in [0.29, 0.717) is 15.8 Å². The Kier molecular flexibility index (Phi) is 6.08. The minimum atomic E-state index is -0.214. The molecule has 0 aliphatic carbocycles. The van der Waals surface area contributed by atoms with Crippen molar-refractivity contribution in [2.45, 2.75) is 13.8 Å². The zero-order valence-corrected chi connectivity index (χ0v) is 14.4. The molecule has 1 N–H and O–H groups in total. The molecular formula is C18H17Cl2NO2. The molecule has 0 aromatic heterocycles. The maximum atomic E-state index is 11.7. The number of benzene rings is 2. The molecule has 2 rings (SSSR count). The van der Waals surface area contributed by atoms with Crippen LogP contribution in [0.2, 0.25) is 10.0 Å². The van der Waals surface area contributed by atoms with E-state index in [0.717, 1.165) is 16.8 Å². The minimum absolute atomic E-state index is 0.214. The van der Waals surface area contributed by atoms with Crippen molar-refractivity contribution in [2.24, 2.45) is 0 Å². The Bertz CT molecular complexity index is 728. The maximum Gasteiger partial charge on any atom is 0.248 e. The Labute approximate surface area is 145 Å². The normalized spacial score (nSPS) is 10.8. The Morgan fingerprint density at radius 1 is 1.17 bits per heavy atom. The minimum Gasteiger partial charge on any atom is -0.488 e. The van der Waals surface area contributed by atoms with Gasteiger partial charge in [-0.05, 0) is 49.2 Å². The van der Waals surface area contributed by atoms with Gasteiger partial charge in [-0.2, -0.15) is 0 Å². The predicted molar refractivity (Wildman–Crippen MR) is 95.6 cm³/mol. The van der Waals surface area contributed by atoms with Gasteiger partial charge in [0.25, 0.3) is 0 Å². The van der Waals surface area contributed by atoms with Crippen molar-refractivity contribution < 1.29 is 9.53 Å². The number of amides is 1. The monoisotopic (exact) mass is 349 g/mol. The first-order valence-electron chi connectivity index (χ1n) is 7.09. The molecule has 0 saturated heterocycles. The fourth-order valence-corrected chi connectivity index (χ4v) is 2.40. The summed E-state index contributed by atoms with van der Waals surface area (Å²) < 4.78 is 5.60. The van der Waals surface area contributed by atoms with Gasteiger partial charge < -0.3 is 10.1 Å². The average molecular weight is 350 g/mol. The van der Waals surface area contributed by atoms with Crippen LogP contribution in [0.1, 0.15) is 11.1 Å². The standard InChI is InChI=1S/C18H17Cl2NO2/c1-12-11-15(18(20)13(2)17(12)19)23-10-6-9-16(22)21-14-7-4-3-5-8-14/h3-9,11H,10H2,1-2H3,(H,21,22)/b9-6+.